The number of anilines is 12. The highest BCUT2D eigenvalue weighted by Crippen LogP contribution is 2.36. The van der Waals surface area contributed by atoms with E-state index < -0.39 is 11.4 Å². The summed E-state index contributed by atoms with van der Waals surface area (Å²) in [7, 11) is 0. The van der Waals surface area contributed by atoms with E-state index in [0.29, 0.717) is 96.1 Å². The van der Waals surface area contributed by atoms with Gasteiger partial charge in [0, 0.05) is 77.6 Å². The van der Waals surface area contributed by atoms with Gasteiger partial charge in [-0.3, -0.25) is 15.0 Å². The molecule has 0 fully saturated rings. The van der Waals surface area contributed by atoms with Crippen LogP contribution in [0.4, 0.5) is 75.0 Å². The first-order valence-corrected chi connectivity index (χ1v) is 45.7. The summed E-state index contributed by atoms with van der Waals surface area (Å²) in [4.78, 5) is 99.6. The number of hydrogen-bond acceptors (Lipinski definition) is 33. The van der Waals surface area contributed by atoms with Gasteiger partial charge in [0.05, 0.1) is 61.5 Å². The van der Waals surface area contributed by atoms with E-state index in [0.717, 1.165) is 175 Å². The Balaban J connectivity index is 0.000000212. The zero-order valence-corrected chi connectivity index (χ0v) is 80.2. The lowest BCUT2D eigenvalue weighted by atomic mass is 9.89. The second kappa shape index (κ2) is 49.2. The molecule has 19 N–H and O–H groups in total. The average molecular weight is 1810 g/mol. The summed E-state index contributed by atoms with van der Waals surface area (Å²) >= 11 is 12.0. The molecule has 36 heteroatoms. The molecule has 0 amide bonds. The minimum Gasteiger partial charge on any atom is -0.394 e. The normalized spacial score (nSPS) is 14.0. The predicted molar refractivity (Wildman–Crippen MR) is 528 cm³/mol. The van der Waals surface area contributed by atoms with Crippen LogP contribution in [0.25, 0.3) is 66.2 Å². The highest BCUT2D eigenvalue weighted by molar-refractivity contribution is 6.31. The van der Waals surface area contributed by atoms with E-state index in [-0.39, 0.29) is 81.6 Å². The van der Waals surface area contributed by atoms with E-state index in [2.05, 4.69) is 219 Å². The molecule has 12 aromatic heterocycles. The smallest absolute Gasteiger partial charge is 0.222 e. The third kappa shape index (κ3) is 31.9. The lowest BCUT2D eigenvalue weighted by Crippen LogP contribution is -2.39. The summed E-state index contributed by atoms with van der Waals surface area (Å²) in [6.07, 6.45) is 33.0. The Bertz CT molecular complexity index is 5530. The molecule has 0 radical (unpaired) electrons. The van der Waals surface area contributed by atoms with E-state index in [4.69, 9.17) is 57.6 Å². The molecule has 0 saturated carbocycles. The molecule has 0 aliphatic heterocycles. The van der Waals surface area contributed by atoms with Gasteiger partial charge in [-0.25, -0.2) is 49.2 Å². The highest BCUT2D eigenvalue weighted by Gasteiger charge is 2.31. The fourth-order valence-electron chi connectivity index (χ4n) is 14.4. The number of aromatic nitrogens is 18. The van der Waals surface area contributed by atoms with Crippen molar-refractivity contribution in [1.82, 2.24) is 89.7 Å². The van der Waals surface area contributed by atoms with Crippen LogP contribution >= 0.6 is 23.2 Å². The number of nitrogen functional groups attached to an aromatic ring is 6. The third-order valence-electron chi connectivity index (χ3n) is 22.8. The van der Waals surface area contributed by atoms with E-state index in [1.165, 1.54) is 12.3 Å². The maximum Gasteiger partial charge on any atom is 0.222 e. The van der Waals surface area contributed by atoms with Crippen LogP contribution in [0.2, 0.25) is 10.0 Å². The zero-order chi connectivity index (χ0) is 94.9. The van der Waals surface area contributed by atoms with Crippen molar-refractivity contribution in [2.24, 2.45) is 0 Å². The number of rotatable bonds is 39. The van der Waals surface area contributed by atoms with E-state index in [1.807, 2.05) is 38.1 Å². The SMILES string of the molecule is CCCC[C@@](C)(CC)Nc1nc(N)nc2cc(Cl)cnc12.CCCC[C@@](C)(CC)Nc1nc(N)nc2cc(F)cnc12.CCCC[C@@](C)(CCC(C)=O)Nc1nc(N)nc2c(C)ccnc12.CCCC[C@@](C)(CCC(C)=O)Nc1nc(N)nc2cc(Cl)cnc12.CCCC[C@@](C)(CO)Nc1nc(N)nc2cccnc12.CCC[C@](C)(CC)Nc1nc(N)nc2cccnc12. The summed E-state index contributed by atoms with van der Waals surface area (Å²) in [6.45, 7) is 37.4. The Hall–Kier alpha value is -11.7. The van der Waals surface area contributed by atoms with Gasteiger partial charge in [0.2, 0.25) is 35.7 Å². The molecule has 6 atom stereocenters. The number of aliphatic hydroxyl groups is 1. The minimum atomic E-state index is -0.443. The molecule has 0 aromatic carbocycles. The Morgan fingerprint density at radius 2 is 0.643 bits per heavy atom. The minimum absolute atomic E-state index is 0.00000520. The first-order chi connectivity index (χ1) is 61.3. The molecule has 698 valence electrons. The lowest BCUT2D eigenvalue weighted by molar-refractivity contribution is -0.118. The third-order valence-corrected chi connectivity index (χ3v) is 23.2. The van der Waals surface area contributed by atoms with Crippen molar-refractivity contribution in [3.8, 4) is 0 Å². The standard InChI is InChI=1S/C18H27N5O.C17H24ClN5O.C15H22ClN5.C15H22FN5.C14H21N5O.C14H21N5/c1-5-6-9-18(4,10-7-13(3)24)23-16-15-14(21-17(19)22-16)12(2)8-11-20-15;1-4-5-7-17(3,8-6-11(2)24)23-15-14-13(21-16(19)22-15)9-12(18)10-20-14;2*1-4-6-7-15(3,5-2)21-13-12-11(19-14(17)20-13)8-10(16)9-18-12;1-3-4-7-14(2,9-20)19-12-11-10(6-5-8-16-11)17-13(15)18-12;1-4-8-14(3,5-2)19-12-11-10(7-6-9-16-11)17-13(15)18-12/h8,11H,5-7,9-10H2,1-4H3,(H3,19,21,22,23);9-10H,4-8H2,1-3H3,(H3,19,21,22,23);2*8-9H,4-7H2,1-3H3,(H3,17,19,20,21);5-6,8,20H,3-4,7,9H2,1-2H3,(H3,15,17,18,19);6-7,9H,4-5,8H2,1-3H3,(H3,15,17,18,19)/t18-;17-;2*15-;2*14-/m001100/s1. The molecule has 0 aliphatic carbocycles. The van der Waals surface area contributed by atoms with Gasteiger partial charge < -0.3 is 81.0 Å². The number of fused-ring (bicyclic) bond motifs is 6. The largest absolute Gasteiger partial charge is 0.394 e. The van der Waals surface area contributed by atoms with Crippen LogP contribution < -0.4 is 66.3 Å². The molecular weight excluding hydrogens is 1680 g/mol. The van der Waals surface area contributed by atoms with Gasteiger partial charge in [0.25, 0.3) is 0 Å². The number of halogens is 3. The number of nitrogens with one attached hydrogen (secondary N) is 6. The number of nitrogens with two attached hydrogens (primary N) is 6. The maximum atomic E-state index is 13.3. The van der Waals surface area contributed by atoms with Crippen LogP contribution in [0.3, 0.4) is 0 Å². The van der Waals surface area contributed by atoms with Crippen LogP contribution in [0.15, 0.2) is 85.7 Å². The van der Waals surface area contributed by atoms with Gasteiger partial charge in [-0.15, -0.1) is 0 Å². The number of nitrogens with zero attached hydrogens (tertiary/aromatic N) is 18. The Morgan fingerprint density at radius 1 is 0.349 bits per heavy atom. The highest BCUT2D eigenvalue weighted by atomic mass is 35.5. The molecular formula is C93H137Cl2FN30O3. The number of Topliss-reactive ketones (excluding diaryl/α,β-unsaturated/α-hetero) is 2. The van der Waals surface area contributed by atoms with Crippen molar-refractivity contribution in [2.75, 3.05) is 72.9 Å². The number of pyridine rings is 6. The monoisotopic (exact) mass is 1810 g/mol. The summed E-state index contributed by atoms with van der Waals surface area (Å²) < 4.78 is 13.3. The molecule has 0 aliphatic rings. The van der Waals surface area contributed by atoms with Gasteiger partial charge in [-0.05, 0) is 181 Å². The molecule has 33 nitrogen and oxygen atoms in total. The molecule has 129 heavy (non-hydrogen) atoms. The topological polar surface area (TPSA) is 515 Å². The van der Waals surface area contributed by atoms with E-state index in [9.17, 15) is 19.1 Å². The predicted octanol–water partition coefficient (Wildman–Crippen LogP) is 20.1. The summed E-state index contributed by atoms with van der Waals surface area (Å²) in [6, 6.07) is 14.1. The number of aliphatic hydroxyl groups excluding tert-OH is 1. The zero-order valence-electron chi connectivity index (χ0n) is 78.7. The second-order valence-electron chi connectivity index (χ2n) is 34.7. The van der Waals surface area contributed by atoms with Gasteiger partial charge in [-0.2, -0.15) is 29.9 Å². The number of hydrogen-bond donors (Lipinski definition) is 13. The number of aryl methyl sites for hydroxylation is 1. The Morgan fingerprint density at radius 3 is 0.992 bits per heavy atom. The Kier molecular flexibility index (Phi) is 39.8. The van der Waals surface area contributed by atoms with Crippen molar-refractivity contribution in [3.05, 3.63) is 107 Å². The van der Waals surface area contributed by atoms with Crippen LogP contribution in [0.5, 0.6) is 0 Å². The first-order valence-electron chi connectivity index (χ1n) is 45.0. The number of carbonyl (C=O) groups excluding carboxylic acids is 2. The molecule has 12 aromatic rings. The summed E-state index contributed by atoms with van der Waals surface area (Å²) in [5.41, 5.74) is 42.6. The quantitative estimate of drug-likeness (QED) is 0.0170. The molecule has 0 bridgehead atoms. The second-order valence-corrected chi connectivity index (χ2v) is 35.6. The summed E-state index contributed by atoms with van der Waals surface area (Å²) in [5, 5.41) is 31.4. The molecule has 0 saturated heterocycles. The molecule has 0 spiro atoms. The summed E-state index contributed by atoms with van der Waals surface area (Å²) in [5.74, 6) is 4.90. The number of ketones is 2. The van der Waals surface area contributed by atoms with Crippen LogP contribution in [-0.4, -0.2) is 146 Å². The first kappa shape index (κ1) is 104. The van der Waals surface area contributed by atoms with E-state index in [1.54, 1.807) is 63.0 Å². The molecule has 0 unspecified atom stereocenters. The van der Waals surface area contributed by atoms with Crippen LogP contribution in [-0.2, 0) is 9.59 Å². The van der Waals surface area contributed by atoms with Crippen molar-refractivity contribution >= 4 is 172 Å². The van der Waals surface area contributed by atoms with Crippen LogP contribution in [0, 0.1) is 12.7 Å². The van der Waals surface area contributed by atoms with Crippen molar-refractivity contribution in [1.29, 1.82) is 0 Å². The fourth-order valence-corrected chi connectivity index (χ4v) is 14.7. The van der Waals surface area contributed by atoms with E-state index >= 15 is 0 Å². The lowest BCUT2D eigenvalue weighted by Gasteiger charge is -2.31. The number of carbonyl (C=O) groups is 2. The number of unbranched alkanes of at least 4 members (excludes halogenated alkanes) is 5. The van der Waals surface area contributed by atoms with Gasteiger partial charge in [0.15, 0.2) is 34.9 Å². The van der Waals surface area contributed by atoms with Gasteiger partial charge in [0.1, 0.15) is 50.5 Å². The fraction of sp³-hybridized carbons (Fsp3) is 0.527. The molecule has 12 rings (SSSR count). The van der Waals surface area contributed by atoms with Crippen molar-refractivity contribution < 1.29 is 19.1 Å². The van der Waals surface area contributed by atoms with Crippen molar-refractivity contribution in [3.63, 3.8) is 0 Å². The Labute approximate surface area is 768 Å². The maximum absolute atomic E-state index is 13.3. The molecule has 12 heterocycles. The van der Waals surface area contributed by atoms with Gasteiger partial charge >= 0.3 is 0 Å². The average Bonchev–Trinajstić information content (AvgIpc) is 0.808. The van der Waals surface area contributed by atoms with Gasteiger partial charge in [-0.1, -0.05) is 156 Å². The van der Waals surface area contributed by atoms with Crippen molar-refractivity contribution in [2.45, 2.75) is 312 Å². The van der Waals surface area contributed by atoms with Crippen LogP contribution in [0.1, 0.15) is 277 Å².